The predicted octanol–water partition coefficient (Wildman–Crippen LogP) is 0.430. The van der Waals surface area contributed by atoms with Crippen LogP contribution in [0.3, 0.4) is 0 Å². The van der Waals surface area contributed by atoms with E-state index < -0.39 is 12.1 Å². The number of nitrogens with zero attached hydrogens (tertiary/aromatic N) is 1. The van der Waals surface area contributed by atoms with Gasteiger partial charge in [0.1, 0.15) is 0 Å². The van der Waals surface area contributed by atoms with Crippen LogP contribution in [0.4, 0.5) is 4.79 Å². The average Bonchev–Trinajstić information content (AvgIpc) is 2.28. The monoisotopic (exact) mass is 244 g/mol. The number of carboxylic acids is 1. The van der Waals surface area contributed by atoms with Crippen molar-refractivity contribution in [3.63, 3.8) is 0 Å². The molecule has 2 amide bonds. The average molecular weight is 244 g/mol. The molecule has 0 aliphatic rings. The number of carbonyl (C=O) groups is 2. The Bertz CT molecular complexity index is 268. The van der Waals surface area contributed by atoms with Gasteiger partial charge in [-0.3, -0.25) is 0 Å². The molecule has 0 saturated heterocycles. The molecule has 17 heavy (non-hydrogen) atoms. The third kappa shape index (κ3) is 6.57. The van der Waals surface area contributed by atoms with Crippen LogP contribution >= 0.6 is 0 Å². The zero-order valence-corrected chi connectivity index (χ0v) is 10.1. The molecule has 0 heterocycles. The number of hydrogen-bond donors (Lipinski definition) is 3. The Balaban J connectivity index is 3.96. The highest BCUT2D eigenvalue weighted by Crippen LogP contribution is 1.94. The molecule has 0 rings (SSSR count). The minimum absolute atomic E-state index is 0.00483. The first-order chi connectivity index (χ1) is 8.02. The molecule has 6 heteroatoms. The number of rotatable bonds is 8. The van der Waals surface area contributed by atoms with E-state index in [1.54, 1.807) is 11.0 Å². The van der Waals surface area contributed by atoms with E-state index in [0.29, 0.717) is 13.1 Å². The second-order valence-corrected chi connectivity index (χ2v) is 3.61. The first-order valence-electron chi connectivity index (χ1n) is 5.57. The molecule has 0 radical (unpaired) electrons. The Labute approximate surface area is 101 Å². The van der Waals surface area contributed by atoms with Crippen LogP contribution in [0.2, 0.25) is 0 Å². The van der Waals surface area contributed by atoms with Crippen molar-refractivity contribution in [1.29, 1.82) is 0 Å². The first kappa shape index (κ1) is 15.4. The van der Waals surface area contributed by atoms with E-state index in [9.17, 15) is 9.59 Å². The largest absolute Gasteiger partial charge is 0.479 e. The van der Waals surface area contributed by atoms with E-state index in [4.69, 9.17) is 10.2 Å². The van der Waals surface area contributed by atoms with Crippen molar-refractivity contribution >= 4 is 12.0 Å². The zero-order chi connectivity index (χ0) is 13.3. The normalized spacial score (nSPS) is 11.6. The Hall–Kier alpha value is -1.56. The lowest BCUT2D eigenvalue weighted by atomic mass is 10.2. The Morgan fingerprint density at radius 1 is 1.53 bits per heavy atom. The molecule has 0 aromatic carbocycles. The second-order valence-electron chi connectivity index (χ2n) is 3.61. The van der Waals surface area contributed by atoms with Gasteiger partial charge in [-0.1, -0.05) is 13.0 Å². The fraction of sp³-hybridized carbons (Fsp3) is 0.636. The highest BCUT2D eigenvalue weighted by atomic mass is 16.4. The quantitative estimate of drug-likeness (QED) is 0.540. The summed E-state index contributed by atoms with van der Waals surface area (Å²) in [6, 6.07) is -0.274. The molecule has 0 spiro atoms. The molecular weight excluding hydrogens is 224 g/mol. The number of carbonyl (C=O) groups excluding carboxylic acids is 1. The summed E-state index contributed by atoms with van der Waals surface area (Å²) in [5.41, 5.74) is 0. The molecule has 0 aliphatic carbocycles. The lowest BCUT2D eigenvalue weighted by molar-refractivity contribution is -0.146. The third-order valence-corrected chi connectivity index (χ3v) is 2.11. The Morgan fingerprint density at radius 3 is 2.65 bits per heavy atom. The van der Waals surface area contributed by atoms with Gasteiger partial charge in [-0.05, 0) is 6.42 Å². The van der Waals surface area contributed by atoms with Gasteiger partial charge in [0, 0.05) is 26.1 Å². The van der Waals surface area contributed by atoms with Crippen LogP contribution < -0.4 is 5.32 Å². The number of urea groups is 1. The number of amides is 2. The molecule has 1 atom stereocenters. The van der Waals surface area contributed by atoms with Crippen LogP contribution in [0, 0.1) is 0 Å². The summed E-state index contributed by atoms with van der Waals surface area (Å²) >= 11 is 0. The van der Waals surface area contributed by atoms with Crippen LogP contribution in [0.25, 0.3) is 0 Å². The van der Waals surface area contributed by atoms with Crippen molar-refractivity contribution in [2.24, 2.45) is 0 Å². The summed E-state index contributed by atoms with van der Waals surface area (Å²) < 4.78 is 0. The van der Waals surface area contributed by atoms with Crippen molar-refractivity contribution in [3.05, 3.63) is 12.7 Å². The third-order valence-electron chi connectivity index (χ3n) is 2.11. The molecule has 0 bridgehead atoms. The van der Waals surface area contributed by atoms with E-state index >= 15 is 0 Å². The maximum absolute atomic E-state index is 11.6. The molecule has 0 aromatic rings. The fourth-order valence-electron chi connectivity index (χ4n) is 1.25. The Morgan fingerprint density at radius 2 is 2.18 bits per heavy atom. The van der Waals surface area contributed by atoms with Crippen molar-refractivity contribution in [2.45, 2.75) is 25.9 Å². The van der Waals surface area contributed by atoms with Gasteiger partial charge in [-0.25, -0.2) is 9.59 Å². The van der Waals surface area contributed by atoms with Crippen molar-refractivity contribution < 1.29 is 19.8 Å². The number of hydrogen-bond acceptors (Lipinski definition) is 3. The van der Waals surface area contributed by atoms with Gasteiger partial charge in [0.2, 0.25) is 0 Å². The highest BCUT2D eigenvalue weighted by molar-refractivity contribution is 5.74. The zero-order valence-electron chi connectivity index (χ0n) is 10.1. The molecule has 98 valence electrons. The number of nitrogens with one attached hydrogen (secondary N) is 1. The Kier molecular flexibility index (Phi) is 7.79. The lowest BCUT2D eigenvalue weighted by Crippen LogP contribution is -2.41. The van der Waals surface area contributed by atoms with Crippen molar-refractivity contribution in [2.75, 3.05) is 19.6 Å². The standard InChI is InChI=1S/C11H20N2O4/c1-3-7-13(8-4-2)11(17)12-6-5-9(14)10(15)16/h3,9,14H,1,4-8H2,2H3,(H,12,17)(H,15,16)/t9-/m0/s1. The van der Waals surface area contributed by atoms with Gasteiger partial charge >= 0.3 is 12.0 Å². The minimum atomic E-state index is -1.44. The molecule has 0 saturated carbocycles. The van der Waals surface area contributed by atoms with Crippen LogP contribution in [-0.4, -0.2) is 52.9 Å². The predicted molar refractivity (Wildman–Crippen MR) is 63.7 cm³/mol. The SMILES string of the molecule is C=CCN(CCC)C(=O)NCC[C@H](O)C(=O)O. The fourth-order valence-corrected chi connectivity index (χ4v) is 1.25. The first-order valence-corrected chi connectivity index (χ1v) is 5.57. The van der Waals surface area contributed by atoms with Crippen LogP contribution in [0.1, 0.15) is 19.8 Å². The van der Waals surface area contributed by atoms with Gasteiger partial charge in [0.25, 0.3) is 0 Å². The van der Waals surface area contributed by atoms with Gasteiger partial charge in [0.05, 0.1) is 0 Å². The smallest absolute Gasteiger partial charge is 0.332 e. The van der Waals surface area contributed by atoms with E-state index in [-0.39, 0.29) is 19.0 Å². The second kappa shape index (κ2) is 8.58. The number of aliphatic carboxylic acids is 1. The summed E-state index contributed by atoms with van der Waals surface area (Å²) in [4.78, 5) is 23.5. The van der Waals surface area contributed by atoms with Gasteiger partial charge in [0.15, 0.2) is 6.10 Å². The van der Waals surface area contributed by atoms with Crippen molar-refractivity contribution in [3.8, 4) is 0 Å². The topological polar surface area (TPSA) is 89.9 Å². The number of aliphatic hydroxyl groups excluding tert-OH is 1. The molecule has 0 fully saturated rings. The summed E-state index contributed by atoms with van der Waals surface area (Å²) in [6.07, 6.45) is 1.02. The lowest BCUT2D eigenvalue weighted by Gasteiger charge is -2.21. The van der Waals surface area contributed by atoms with Gasteiger partial charge in [-0.2, -0.15) is 0 Å². The minimum Gasteiger partial charge on any atom is -0.479 e. The maximum Gasteiger partial charge on any atom is 0.332 e. The molecule has 6 nitrogen and oxygen atoms in total. The van der Waals surface area contributed by atoms with Gasteiger partial charge < -0.3 is 20.4 Å². The molecule has 0 aromatic heterocycles. The summed E-state index contributed by atoms with van der Waals surface area (Å²) in [5.74, 6) is -1.28. The van der Waals surface area contributed by atoms with Gasteiger partial charge in [-0.15, -0.1) is 6.58 Å². The number of aliphatic hydroxyl groups is 1. The van der Waals surface area contributed by atoms with Crippen LogP contribution in [0.15, 0.2) is 12.7 Å². The van der Waals surface area contributed by atoms with Crippen molar-refractivity contribution in [1.82, 2.24) is 10.2 Å². The highest BCUT2D eigenvalue weighted by Gasteiger charge is 2.14. The molecule has 0 unspecified atom stereocenters. The molecule has 3 N–H and O–H groups in total. The summed E-state index contributed by atoms with van der Waals surface area (Å²) in [5, 5.41) is 20.0. The van der Waals surface area contributed by atoms with E-state index in [2.05, 4.69) is 11.9 Å². The van der Waals surface area contributed by atoms with E-state index in [1.807, 2.05) is 6.92 Å². The summed E-state index contributed by atoms with van der Waals surface area (Å²) in [7, 11) is 0. The van der Waals surface area contributed by atoms with Crippen LogP contribution in [0.5, 0.6) is 0 Å². The molecular formula is C11H20N2O4. The van der Waals surface area contributed by atoms with E-state index in [0.717, 1.165) is 6.42 Å². The summed E-state index contributed by atoms with van der Waals surface area (Å²) in [6.45, 7) is 6.70. The van der Waals surface area contributed by atoms with E-state index in [1.165, 1.54) is 0 Å². The number of carboxylic acid groups (broad SMARTS) is 1. The maximum atomic E-state index is 11.6. The van der Waals surface area contributed by atoms with Crippen LogP contribution in [-0.2, 0) is 4.79 Å². The molecule has 0 aliphatic heterocycles.